The van der Waals surface area contributed by atoms with Gasteiger partial charge in [0.2, 0.25) is 0 Å². The largest absolute Gasteiger partial charge is 0.480 e. The van der Waals surface area contributed by atoms with Crippen molar-refractivity contribution in [2.24, 2.45) is 5.29 Å². The molecule has 0 radical (unpaired) electrons. The first-order valence-electron chi connectivity index (χ1n) is 3.08. The fourth-order valence-electron chi connectivity index (χ4n) is 1.10. The highest BCUT2D eigenvalue weighted by molar-refractivity contribution is 5.73. The Hall–Kier alpha value is -1.13. The molecule has 0 aromatic rings. The summed E-state index contributed by atoms with van der Waals surface area (Å²) in [6.07, 6.45) is 1.27. The van der Waals surface area contributed by atoms with Crippen molar-refractivity contribution in [1.29, 1.82) is 0 Å². The number of aliphatic carboxylic acids is 1. The molecule has 5 nitrogen and oxygen atoms in total. The van der Waals surface area contributed by atoms with Crippen LogP contribution in [0.5, 0.6) is 0 Å². The number of hydrogen-bond donors (Lipinski definition) is 1. The molecule has 1 atom stereocenters. The van der Waals surface area contributed by atoms with Gasteiger partial charge in [-0.2, -0.15) is 0 Å². The molecule has 1 aliphatic rings. The molecule has 1 saturated heterocycles. The van der Waals surface area contributed by atoms with E-state index in [0.717, 1.165) is 11.4 Å². The number of nitrogens with zero attached hydrogens (tertiary/aromatic N) is 2. The average Bonchev–Trinajstić information content (AvgIpc) is 2.33. The van der Waals surface area contributed by atoms with E-state index in [1.807, 2.05) is 0 Å². The van der Waals surface area contributed by atoms with Crippen molar-refractivity contribution in [2.75, 3.05) is 6.54 Å². The lowest BCUT2D eigenvalue weighted by atomic mass is 10.3. The molecule has 1 N–H and O–H groups in total. The van der Waals surface area contributed by atoms with Crippen molar-refractivity contribution >= 4 is 5.97 Å². The van der Waals surface area contributed by atoms with E-state index in [1.165, 1.54) is 0 Å². The second kappa shape index (κ2) is 2.64. The quantitative estimate of drug-likeness (QED) is 0.565. The molecule has 0 amide bonds. The first-order chi connectivity index (χ1) is 4.75. The van der Waals surface area contributed by atoms with Crippen molar-refractivity contribution in [3.8, 4) is 0 Å². The van der Waals surface area contributed by atoms with E-state index in [1.54, 1.807) is 0 Å². The first kappa shape index (κ1) is 6.98. The van der Waals surface area contributed by atoms with Crippen LogP contribution in [-0.4, -0.2) is 28.7 Å². The van der Waals surface area contributed by atoms with Crippen molar-refractivity contribution in [1.82, 2.24) is 5.01 Å². The maximum atomic E-state index is 10.3. The summed E-state index contributed by atoms with van der Waals surface area (Å²) in [7, 11) is 0. The Kier molecular flexibility index (Phi) is 1.84. The van der Waals surface area contributed by atoms with E-state index in [2.05, 4.69) is 5.29 Å². The number of carbonyl (C=O) groups is 1. The van der Waals surface area contributed by atoms with E-state index >= 15 is 0 Å². The second-order valence-corrected chi connectivity index (χ2v) is 2.24. The van der Waals surface area contributed by atoms with Crippen LogP contribution in [-0.2, 0) is 4.79 Å². The summed E-state index contributed by atoms with van der Waals surface area (Å²) in [4.78, 5) is 20.3. The maximum Gasteiger partial charge on any atom is 0.328 e. The van der Waals surface area contributed by atoms with Gasteiger partial charge in [0, 0.05) is 6.54 Å². The molecule has 1 aliphatic heterocycles. The molecule has 0 unspecified atom stereocenters. The zero-order valence-electron chi connectivity index (χ0n) is 5.36. The van der Waals surface area contributed by atoms with Crippen LogP contribution in [0.1, 0.15) is 12.8 Å². The predicted octanol–water partition coefficient (Wildman–Crippen LogP) is 0.217. The minimum atomic E-state index is -0.961. The van der Waals surface area contributed by atoms with Gasteiger partial charge < -0.3 is 5.11 Å². The van der Waals surface area contributed by atoms with E-state index in [9.17, 15) is 9.70 Å². The SMILES string of the molecule is O=NN1CCC[C@H]1[14C](=O)O. The summed E-state index contributed by atoms with van der Waals surface area (Å²) >= 11 is 0. The summed E-state index contributed by atoms with van der Waals surface area (Å²) in [5, 5.41) is 12.1. The van der Waals surface area contributed by atoms with Gasteiger partial charge in [-0.05, 0) is 12.8 Å². The van der Waals surface area contributed by atoms with Crippen molar-refractivity contribution in [2.45, 2.75) is 18.9 Å². The summed E-state index contributed by atoms with van der Waals surface area (Å²) in [5.41, 5.74) is 0. The summed E-state index contributed by atoms with van der Waals surface area (Å²) in [6, 6.07) is -0.683. The molecule has 0 aliphatic carbocycles. The average molecular weight is 146 g/mol. The summed E-state index contributed by atoms with van der Waals surface area (Å²) < 4.78 is 0. The number of carboxylic acids is 1. The van der Waals surface area contributed by atoms with E-state index in [4.69, 9.17) is 5.11 Å². The normalized spacial score (nSPS) is 24.8. The lowest BCUT2D eigenvalue weighted by molar-refractivity contribution is -0.142. The fraction of sp³-hybridized carbons (Fsp3) is 0.800. The van der Waals surface area contributed by atoms with Gasteiger partial charge in [0.05, 0.1) is 5.29 Å². The zero-order chi connectivity index (χ0) is 7.56. The van der Waals surface area contributed by atoms with Gasteiger partial charge in [-0.15, -0.1) is 4.91 Å². The van der Waals surface area contributed by atoms with Crippen LogP contribution in [0.3, 0.4) is 0 Å². The Bertz CT molecular complexity index is 159. The molecular formula is C5H8N2O3. The topological polar surface area (TPSA) is 70.0 Å². The summed E-state index contributed by atoms with van der Waals surface area (Å²) in [6.45, 7) is 0.473. The summed E-state index contributed by atoms with van der Waals surface area (Å²) in [5.74, 6) is -0.961. The molecule has 0 saturated carbocycles. The van der Waals surface area contributed by atoms with E-state index in [-0.39, 0.29) is 0 Å². The highest BCUT2D eigenvalue weighted by Crippen LogP contribution is 2.16. The maximum absolute atomic E-state index is 10.3. The van der Waals surface area contributed by atoms with Crippen LogP contribution in [0.15, 0.2) is 5.29 Å². The van der Waals surface area contributed by atoms with Gasteiger partial charge in [-0.1, -0.05) is 0 Å². The molecular weight excluding hydrogens is 138 g/mol. The minimum absolute atomic E-state index is 0.473. The molecule has 10 heavy (non-hydrogen) atoms. The van der Waals surface area contributed by atoms with Crippen LogP contribution >= 0.6 is 0 Å². The third kappa shape index (κ3) is 1.07. The number of carboxylic acid groups (broad SMARTS) is 1. The van der Waals surface area contributed by atoms with E-state index in [0.29, 0.717) is 13.0 Å². The Balaban J connectivity index is 2.58. The Morgan fingerprint density at radius 3 is 2.80 bits per heavy atom. The predicted molar refractivity (Wildman–Crippen MR) is 33.2 cm³/mol. The molecule has 1 heterocycles. The molecule has 0 bridgehead atoms. The molecule has 1 rings (SSSR count). The van der Waals surface area contributed by atoms with Gasteiger partial charge in [0.15, 0.2) is 0 Å². The van der Waals surface area contributed by atoms with Crippen molar-refractivity contribution < 1.29 is 9.90 Å². The van der Waals surface area contributed by atoms with Crippen LogP contribution < -0.4 is 0 Å². The van der Waals surface area contributed by atoms with E-state index < -0.39 is 12.0 Å². The highest BCUT2D eigenvalue weighted by atomic mass is 16.6. The smallest absolute Gasteiger partial charge is 0.328 e. The van der Waals surface area contributed by atoms with Crippen LogP contribution in [0.2, 0.25) is 0 Å². The standard InChI is InChI=1S/C5H8N2O3/c8-5(9)4-2-1-3-7(4)6-10/h4H,1-3H2,(H,8,9)/t4-/m0/s1/i5+2. The van der Waals surface area contributed by atoms with Gasteiger partial charge in [-0.25, -0.2) is 9.80 Å². The number of hydrogen-bond acceptors (Lipinski definition) is 3. The monoisotopic (exact) mass is 146 g/mol. The van der Waals surface area contributed by atoms with Crippen molar-refractivity contribution in [3.63, 3.8) is 0 Å². The minimum Gasteiger partial charge on any atom is -0.480 e. The molecule has 0 aromatic heterocycles. The number of nitroso groups, excluding NO2 is 1. The van der Waals surface area contributed by atoms with Gasteiger partial charge in [0.1, 0.15) is 6.04 Å². The van der Waals surface area contributed by atoms with Gasteiger partial charge in [-0.3, -0.25) is 0 Å². The Morgan fingerprint density at radius 1 is 1.70 bits per heavy atom. The van der Waals surface area contributed by atoms with Crippen LogP contribution in [0, 0.1) is 4.91 Å². The number of rotatable bonds is 2. The van der Waals surface area contributed by atoms with Gasteiger partial charge in [0.25, 0.3) is 0 Å². The van der Waals surface area contributed by atoms with Crippen LogP contribution in [0.25, 0.3) is 0 Å². The lowest BCUT2D eigenvalue weighted by Gasteiger charge is -2.11. The van der Waals surface area contributed by atoms with Crippen LogP contribution in [0.4, 0.5) is 0 Å². The first-order valence-corrected chi connectivity index (χ1v) is 3.08. The highest BCUT2D eigenvalue weighted by Gasteiger charge is 2.30. The third-order valence-electron chi connectivity index (χ3n) is 1.61. The zero-order valence-corrected chi connectivity index (χ0v) is 5.36. The van der Waals surface area contributed by atoms with Crippen molar-refractivity contribution in [3.05, 3.63) is 4.91 Å². The third-order valence-corrected chi connectivity index (χ3v) is 1.61. The second-order valence-electron chi connectivity index (χ2n) is 2.24. The molecule has 56 valence electrons. The molecule has 1 fully saturated rings. The Labute approximate surface area is 57.6 Å². The fourth-order valence-corrected chi connectivity index (χ4v) is 1.10. The molecule has 5 heteroatoms. The lowest BCUT2D eigenvalue weighted by Crippen LogP contribution is -2.31. The Morgan fingerprint density at radius 2 is 2.40 bits per heavy atom. The van der Waals surface area contributed by atoms with Gasteiger partial charge >= 0.3 is 5.97 Å². The molecule has 0 spiro atoms. The molecule has 0 aromatic carbocycles.